The molecule has 0 fully saturated rings. The molecule has 3 aromatic carbocycles. The van der Waals surface area contributed by atoms with Crippen molar-refractivity contribution >= 4 is 29.0 Å². The van der Waals surface area contributed by atoms with E-state index in [-0.39, 0.29) is 40.5 Å². The molecule has 236 valence electrons. The Morgan fingerprint density at radius 1 is 0.733 bits per heavy atom. The van der Waals surface area contributed by atoms with Gasteiger partial charge in [-0.25, -0.2) is 4.79 Å². The Morgan fingerprint density at radius 2 is 1.27 bits per heavy atom. The number of aliphatic hydroxyl groups is 1. The first-order valence-electron chi connectivity index (χ1n) is 13.6. The van der Waals surface area contributed by atoms with E-state index in [0.29, 0.717) is 12.5 Å². The van der Waals surface area contributed by atoms with Crippen LogP contribution < -0.4 is 5.32 Å². The first-order chi connectivity index (χ1) is 21.0. The van der Waals surface area contributed by atoms with Gasteiger partial charge in [-0.15, -0.1) is 0 Å². The molecule has 1 aliphatic carbocycles. The summed E-state index contributed by atoms with van der Waals surface area (Å²) in [5, 5.41) is 20.3. The molecule has 1 atom stereocenters. The molecule has 1 amide bonds. The summed E-state index contributed by atoms with van der Waals surface area (Å²) in [6.07, 6.45) is -8.26. The van der Waals surface area contributed by atoms with Crippen molar-refractivity contribution in [2.24, 2.45) is 0 Å². The highest BCUT2D eigenvalue weighted by atomic mass is 19.4. The van der Waals surface area contributed by atoms with Gasteiger partial charge in [-0.1, -0.05) is 30.3 Å². The lowest BCUT2D eigenvalue weighted by atomic mass is 9.87. The third-order valence-electron chi connectivity index (χ3n) is 7.20. The number of halogens is 6. The van der Waals surface area contributed by atoms with Gasteiger partial charge in [0.05, 0.1) is 17.7 Å². The minimum absolute atomic E-state index is 0.0110. The molecule has 0 unspecified atom stereocenters. The van der Waals surface area contributed by atoms with E-state index < -0.39 is 65.1 Å². The van der Waals surface area contributed by atoms with Gasteiger partial charge in [0.25, 0.3) is 5.91 Å². The Balaban J connectivity index is 1.74. The lowest BCUT2D eigenvalue weighted by Crippen LogP contribution is -2.36. The van der Waals surface area contributed by atoms with Crippen molar-refractivity contribution in [2.45, 2.75) is 44.1 Å². The predicted molar refractivity (Wildman–Crippen MR) is 149 cm³/mol. The molecule has 0 spiro atoms. The standard InChI is InChI=1S/C32H25F6NO6/c33-31(34,35)23-12-22(13-24(14-23)32(36,37)38)26(40)15-25(21-10-5-17-3-1-2-4-20(17)11-21)28(42)18-6-8-19(9-7-18)29(43)39-16-27(41)30(44)45/h5-15,27,41H,1-4,16H2,(H,39,43)(H,44,45)/b25-15-/t27-/m1/s1. The van der Waals surface area contributed by atoms with Crippen LogP contribution in [0.4, 0.5) is 26.3 Å². The van der Waals surface area contributed by atoms with Crippen LogP contribution in [-0.2, 0) is 30.0 Å². The first-order valence-corrected chi connectivity index (χ1v) is 13.6. The zero-order valence-electron chi connectivity index (χ0n) is 23.3. The lowest BCUT2D eigenvalue weighted by Gasteiger charge is -2.18. The number of carbonyl (C=O) groups is 4. The van der Waals surface area contributed by atoms with Crippen LogP contribution in [0.15, 0.2) is 66.7 Å². The number of Topliss-reactive ketones (excluding diaryl/α,β-unsaturated/α-hetero) is 1. The lowest BCUT2D eigenvalue weighted by molar-refractivity contribution is -0.146. The first kappa shape index (κ1) is 33.1. The fourth-order valence-corrected chi connectivity index (χ4v) is 4.80. The predicted octanol–water partition coefficient (Wildman–Crippen LogP) is 5.93. The summed E-state index contributed by atoms with van der Waals surface area (Å²) in [6.45, 7) is -0.590. The summed E-state index contributed by atoms with van der Waals surface area (Å²) in [4.78, 5) is 50.1. The van der Waals surface area contributed by atoms with E-state index in [1.165, 1.54) is 24.3 Å². The number of aliphatic carboxylic acids is 1. The average Bonchev–Trinajstić information content (AvgIpc) is 3.00. The molecule has 0 aromatic heterocycles. The Morgan fingerprint density at radius 3 is 1.82 bits per heavy atom. The minimum Gasteiger partial charge on any atom is -0.479 e. The Bertz CT molecular complexity index is 1640. The van der Waals surface area contributed by atoms with Crippen molar-refractivity contribution < 1.29 is 55.7 Å². The van der Waals surface area contributed by atoms with Crippen molar-refractivity contribution in [2.75, 3.05) is 6.54 Å². The number of amides is 1. The van der Waals surface area contributed by atoms with Gasteiger partial charge in [0, 0.05) is 22.3 Å². The summed E-state index contributed by atoms with van der Waals surface area (Å²) in [6, 6.07) is 10.3. The molecule has 0 heterocycles. The molecule has 13 heteroatoms. The van der Waals surface area contributed by atoms with Gasteiger partial charge in [0.2, 0.25) is 0 Å². The molecule has 3 N–H and O–H groups in total. The van der Waals surface area contributed by atoms with Crippen LogP contribution in [0.1, 0.15) is 71.7 Å². The molecule has 4 rings (SSSR count). The van der Waals surface area contributed by atoms with Crippen LogP contribution >= 0.6 is 0 Å². The zero-order chi connectivity index (χ0) is 33.1. The molecule has 7 nitrogen and oxygen atoms in total. The van der Waals surface area contributed by atoms with Crippen LogP contribution in [0, 0.1) is 0 Å². The number of aryl methyl sites for hydroxylation is 2. The quantitative estimate of drug-likeness (QED) is 0.153. The van der Waals surface area contributed by atoms with Crippen LogP contribution in [0.3, 0.4) is 0 Å². The van der Waals surface area contributed by atoms with E-state index in [1.54, 1.807) is 18.2 Å². The molecule has 0 saturated heterocycles. The van der Waals surface area contributed by atoms with E-state index in [4.69, 9.17) is 5.11 Å². The Kier molecular flexibility index (Phi) is 9.62. The number of ketones is 2. The molecule has 0 radical (unpaired) electrons. The number of alkyl halides is 6. The maximum atomic E-state index is 13.7. The van der Waals surface area contributed by atoms with Gasteiger partial charge in [0.15, 0.2) is 17.7 Å². The maximum absolute atomic E-state index is 13.7. The monoisotopic (exact) mass is 633 g/mol. The Labute approximate surface area is 252 Å². The van der Waals surface area contributed by atoms with Crippen molar-refractivity contribution in [1.82, 2.24) is 5.32 Å². The molecular weight excluding hydrogens is 608 g/mol. The van der Waals surface area contributed by atoms with Gasteiger partial charge in [-0.3, -0.25) is 14.4 Å². The smallest absolute Gasteiger partial charge is 0.416 e. The van der Waals surface area contributed by atoms with Crippen molar-refractivity contribution in [1.29, 1.82) is 0 Å². The third-order valence-corrected chi connectivity index (χ3v) is 7.20. The summed E-state index contributed by atoms with van der Waals surface area (Å²) >= 11 is 0. The summed E-state index contributed by atoms with van der Waals surface area (Å²) < 4.78 is 80.6. The highest BCUT2D eigenvalue weighted by Gasteiger charge is 2.37. The number of hydrogen-bond acceptors (Lipinski definition) is 5. The van der Waals surface area contributed by atoms with E-state index in [1.807, 2.05) is 0 Å². The highest BCUT2D eigenvalue weighted by Crippen LogP contribution is 2.37. The number of benzene rings is 3. The van der Waals surface area contributed by atoms with E-state index >= 15 is 0 Å². The van der Waals surface area contributed by atoms with Crippen LogP contribution in [0.2, 0.25) is 0 Å². The van der Waals surface area contributed by atoms with Gasteiger partial charge in [-0.05, 0) is 78.8 Å². The largest absolute Gasteiger partial charge is 0.479 e. The van der Waals surface area contributed by atoms with Crippen molar-refractivity contribution in [3.63, 3.8) is 0 Å². The topological polar surface area (TPSA) is 121 Å². The summed E-state index contributed by atoms with van der Waals surface area (Å²) in [5.41, 5.74) is -2.52. The number of nitrogens with one attached hydrogen (secondary N) is 1. The van der Waals surface area contributed by atoms with Gasteiger partial charge in [0.1, 0.15) is 0 Å². The van der Waals surface area contributed by atoms with Gasteiger partial charge >= 0.3 is 18.3 Å². The molecule has 0 aliphatic heterocycles. The molecule has 0 saturated carbocycles. The number of fused-ring (bicyclic) bond motifs is 1. The fourth-order valence-electron chi connectivity index (χ4n) is 4.80. The third kappa shape index (κ3) is 8.04. The number of allylic oxidation sites excluding steroid dienone is 2. The summed E-state index contributed by atoms with van der Waals surface area (Å²) in [5.74, 6) is -4.37. The fraction of sp³-hybridized carbons (Fsp3) is 0.250. The van der Waals surface area contributed by atoms with Gasteiger partial charge in [-0.2, -0.15) is 26.3 Å². The minimum atomic E-state index is -5.18. The van der Waals surface area contributed by atoms with Crippen LogP contribution in [0.5, 0.6) is 0 Å². The van der Waals surface area contributed by atoms with E-state index in [2.05, 4.69) is 5.32 Å². The second-order valence-electron chi connectivity index (χ2n) is 10.4. The number of carboxylic acid groups (broad SMARTS) is 1. The number of rotatable bonds is 9. The second-order valence-corrected chi connectivity index (χ2v) is 10.4. The number of hydrogen-bond donors (Lipinski definition) is 3. The molecule has 3 aromatic rings. The normalized spacial score (nSPS) is 14.3. The van der Waals surface area contributed by atoms with Gasteiger partial charge < -0.3 is 15.5 Å². The second kappa shape index (κ2) is 13.1. The number of carboxylic acids is 1. The molecule has 1 aliphatic rings. The Hall–Kier alpha value is -4.78. The average molecular weight is 634 g/mol. The number of carbonyl (C=O) groups excluding carboxylic acids is 3. The maximum Gasteiger partial charge on any atom is 0.416 e. The highest BCUT2D eigenvalue weighted by molar-refractivity contribution is 6.32. The van der Waals surface area contributed by atoms with Crippen LogP contribution in [0.25, 0.3) is 5.57 Å². The molecule has 45 heavy (non-hydrogen) atoms. The zero-order valence-corrected chi connectivity index (χ0v) is 23.3. The van der Waals surface area contributed by atoms with Crippen molar-refractivity contribution in [3.8, 4) is 0 Å². The van der Waals surface area contributed by atoms with Crippen molar-refractivity contribution in [3.05, 3.63) is 111 Å². The molecule has 0 bridgehead atoms. The SMILES string of the molecule is O=C(/C=C(\C(=O)c1ccc(C(=O)NC[C@@H](O)C(=O)O)cc1)c1ccc2c(c1)CCCC2)c1cc(C(F)(F)F)cc(C(F)(F)F)c1. The van der Waals surface area contributed by atoms with Crippen LogP contribution in [-0.4, -0.2) is 46.3 Å². The van der Waals surface area contributed by atoms with E-state index in [0.717, 1.165) is 30.4 Å². The number of aliphatic hydroxyl groups excluding tert-OH is 1. The summed E-state index contributed by atoms with van der Waals surface area (Å²) in [7, 11) is 0. The van der Waals surface area contributed by atoms with E-state index in [9.17, 15) is 50.6 Å². The molecular formula is C32H25F6NO6.